The van der Waals surface area contributed by atoms with E-state index in [1.54, 1.807) is 0 Å². The molecule has 0 aliphatic carbocycles. The molecule has 0 unspecified atom stereocenters. The number of rotatable bonds is 6. The van der Waals surface area contributed by atoms with Gasteiger partial charge in [-0.05, 0) is 75.3 Å². The van der Waals surface area contributed by atoms with Gasteiger partial charge in [0.05, 0.1) is 11.2 Å². The summed E-state index contributed by atoms with van der Waals surface area (Å²) in [5.74, 6) is 0. The predicted molar refractivity (Wildman–Crippen MR) is 221 cm³/mol. The van der Waals surface area contributed by atoms with E-state index in [2.05, 4.69) is 164 Å². The van der Waals surface area contributed by atoms with Gasteiger partial charge in [-0.2, -0.15) is 0 Å². The molecule has 0 fully saturated rings. The second-order valence-electron chi connectivity index (χ2n) is 15.2. The fourth-order valence-corrected chi connectivity index (χ4v) is 9.27. The average molecular weight is 657 g/mol. The molecule has 0 atom stereocenters. The first-order chi connectivity index (χ1) is 25.0. The Morgan fingerprint density at radius 1 is 0.647 bits per heavy atom. The standard InChI is InChI=1S/C48H41BN2/c1-4-5-6-14-30-23-25-32(26-24-30)36-29-37(34-17-13-19-39-45(34)50-41-21-11-9-18-38(41)48(39,2)3)44-47-43(36)35-28-27-31-15-7-8-16-33(31)46(35)51(47)42-22-12-10-20-40(42)49-44/h7-13,15-29,49-50H,4-6,14H2,1-3H3. The van der Waals surface area contributed by atoms with Crippen LogP contribution in [0.2, 0.25) is 0 Å². The highest BCUT2D eigenvalue weighted by Crippen LogP contribution is 2.50. The Hall–Kier alpha value is -5.54. The molecular formula is C48H41BN2. The third-order valence-corrected chi connectivity index (χ3v) is 11.8. The van der Waals surface area contributed by atoms with Crippen LogP contribution in [0.4, 0.5) is 11.4 Å². The summed E-state index contributed by atoms with van der Waals surface area (Å²) in [5.41, 5.74) is 18.2. The minimum absolute atomic E-state index is 0.134. The van der Waals surface area contributed by atoms with Crippen molar-refractivity contribution in [1.82, 2.24) is 4.57 Å². The quantitative estimate of drug-likeness (QED) is 0.139. The zero-order valence-electron chi connectivity index (χ0n) is 29.7. The third kappa shape index (κ3) is 4.50. The van der Waals surface area contributed by atoms with Crippen LogP contribution in [0.1, 0.15) is 56.7 Å². The van der Waals surface area contributed by atoms with Crippen molar-refractivity contribution in [1.29, 1.82) is 0 Å². The lowest BCUT2D eigenvalue weighted by molar-refractivity contribution is 0.638. The van der Waals surface area contributed by atoms with Crippen LogP contribution in [0.5, 0.6) is 0 Å². The molecule has 0 amide bonds. The number of unbranched alkanes of at least 4 members (excludes halogenated alkanes) is 2. The van der Waals surface area contributed by atoms with Gasteiger partial charge >= 0.3 is 0 Å². The maximum atomic E-state index is 3.95. The van der Waals surface area contributed by atoms with Crippen LogP contribution in [-0.2, 0) is 11.8 Å². The molecule has 0 spiro atoms. The Bertz CT molecular complexity index is 2680. The number of fused-ring (bicyclic) bond motifs is 9. The van der Waals surface area contributed by atoms with E-state index in [1.165, 1.54) is 119 Å². The lowest BCUT2D eigenvalue weighted by atomic mass is 9.58. The number of para-hydroxylation sites is 3. The van der Waals surface area contributed by atoms with Gasteiger partial charge in [-0.25, -0.2) is 0 Å². The molecule has 0 bridgehead atoms. The molecule has 2 nitrogen and oxygen atoms in total. The van der Waals surface area contributed by atoms with Gasteiger partial charge in [0.15, 0.2) is 7.28 Å². The van der Waals surface area contributed by atoms with E-state index in [1.807, 2.05) is 0 Å². The van der Waals surface area contributed by atoms with Crippen molar-refractivity contribution < 1.29 is 0 Å². The summed E-state index contributed by atoms with van der Waals surface area (Å²) >= 11 is 0. The van der Waals surface area contributed by atoms with Gasteiger partial charge < -0.3 is 9.88 Å². The van der Waals surface area contributed by atoms with Crippen LogP contribution in [0.15, 0.2) is 133 Å². The topological polar surface area (TPSA) is 17.0 Å². The van der Waals surface area contributed by atoms with Gasteiger partial charge in [-0.3, -0.25) is 0 Å². The second-order valence-corrected chi connectivity index (χ2v) is 15.2. The first-order valence-electron chi connectivity index (χ1n) is 18.7. The normalized spacial score (nSPS) is 13.8. The zero-order chi connectivity index (χ0) is 34.3. The molecule has 7 aromatic carbocycles. The van der Waals surface area contributed by atoms with Crippen molar-refractivity contribution in [3.63, 3.8) is 0 Å². The van der Waals surface area contributed by atoms with Gasteiger partial charge in [0.25, 0.3) is 0 Å². The molecule has 3 heteroatoms. The molecule has 2 aliphatic heterocycles. The van der Waals surface area contributed by atoms with Crippen molar-refractivity contribution in [2.24, 2.45) is 0 Å². The van der Waals surface area contributed by atoms with Crippen LogP contribution in [0.3, 0.4) is 0 Å². The van der Waals surface area contributed by atoms with Gasteiger partial charge in [0, 0.05) is 44.0 Å². The Morgan fingerprint density at radius 3 is 2.31 bits per heavy atom. The van der Waals surface area contributed by atoms with Crippen molar-refractivity contribution in [3.05, 3.63) is 150 Å². The summed E-state index contributed by atoms with van der Waals surface area (Å²) in [6.45, 7) is 7.02. The summed E-state index contributed by atoms with van der Waals surface area (Å²) in [5, 5.41) is 9.19. The van der Waals surface area contributed by atoms with E-state index in [4.69, 9.17) is 0 Å². The first kappa shape index (κ1) is 30.3. The molecule has 0 saturated heterocycles. The molecule has 10 rings (SSSR count). The fraction of sp³-hybridized carbons (Fsp3) is 0.167. The predicted octanol–water partition coefficient (Wildman–Crippen LogP) is 11.1. The Balaban J connectivity index is 1.32. The molecule has 1 aromatic heterocycles. The smallest absolute Gasteiger partial charge is 0.198 e. The highest BCUT2D eigenvalue weighted by atomic mass is 15.0. The number of hydrogen-bond donors (Lipinski definition) is 1. The summed E-state index contributed by atoms with van der Waals surface area (Å²) < 4.78 is 2.61. The van der Waals surface area contributed by atoms with Crippen LogP contribution in [-0.4, -0.2) is 11.8 Å². The minimum atomic E-state index is -0.134. The van der Waals surface area contributed by atoms with Gasteiger partial charge in [-0.15, -0.1) is 0 Å². The number of benzene rings is 7. The van der Waals surface area contributed by atoms with Crippen molar-refractivity contribution in [2.45, 2.75) is 51.9 Å². The number of nitrogens with one attached hydrogen (secondary N) is 1. The molecule has 8 aromatic rings. The maximum Gasteiger partial charge on any atom is 0.198 e. The molecule has 3 heterocycles. The lowest BCUT2D eigenvalue weighted by Gasteiger charge is -2.37. The van der Waals surface area contributed by atoms with Gasteiger partial charge in [0.1, 0.15) is 0 Å². The fourth-order valence-electron chi connectivity index (χ4n) is 9.27. The number of anilines is 2. The molecule has 51 heavy (non-hydrogen) atoms. The third-order valence-electron chi connectivity index (χ3n) is 11.8. The minimum Gasteiger partial charge on any atom is -0.355 e. The average Bonchev–Trinajstić information content (AvgIpc) is 3.52. The van der Waals surface area contributed by atoms with Crippen molar-refractivity contribution >= 4 is 62.2 Å². The van der Waals surface area contributed by atoms with E-state index >= 15 is 0 Å². The lowest BCUT2D eigenvalue weighted by Crippen LogP contribution is -2.37. The van der Waals surface area contributed by atoms with E-state index < -0.39 is 0 Å². The van der Waals surface area contributed by atoms with Gasteiger partial charge in [0.2, 0.25) is 0 Å². The van der Waals surface area contributed by atoms with Crippen LogP contribution >= 0.6 is 0 Å². The van der Waals surface area contributed by atoms with Crippen molar-refractivity contribution in [2.75, 3.05) is 5.32 Å². The SMILES string of the molecule is CCCCCc1ccc(-c2cc(-c3cccc4c3Nc3ccccc3C4(C)C)c3c4c2c2ccc5ccccc5c2n4-c2ccccc2B3)cc1. The molecular weight excluding hydrogens is 615 g/mol. The molecule has 1 N–H and O–H groups in total. The highest BCUT2D eigenvalue weighted by molar-refractivity contribution is 6.73. The number of hydrogen-bond acceptors (Lipinski definition) is 1. The van der Waals surface area contributed by atoms with Gasteiger partial charge in [-0.1, -0.05) is 154 Å². The summed E-state index contributed by atoms with van der Waals surface area (Å²) in [6.07, 6.45) is 4.89. The van der Waals surface area contributed by atoms with E-state index in [-0.39, 0.29) is 5.41 Å². The molecule has 246 valence electrons. The molecule has 2 aliphatic rings. The van der Waals surface area contributed by atoms with E-state index in [0.717, 1.165) is 13.7 Å². The Labute approximate surface area is 301 Å². The zero-order valence-corrected chi connectivity index (χ0v) is 29.7. The summed E-state index contributed by atoms with van der Waals surface area (Å²) in [6, 6.07) is 50.4. The maximum absolute atomic E-state index is 3.95. The summed E-state index contributed by atoms with van der Waals surface area (Å²) in [4.78, 5) is 0. The van der Waals surface area contributed by atoms with Crippen LogP contribution < -0.4 is 16.2 Å². The first-order valence-corrected chi connectivity index (χ1v) is 18.7. The number of aryl methyl sites for hydroxylation is 1. The second kappa shape index (κ2) is 11.5. The number of nitrogens with zero attached hydrogens (tertiary/aromatic N) is 1. The summed E-state index contributed by atoms with van der Waals surface area (Å²) in [7, 11) is 0.885. The van der Waals surface area contributed by atoms with Crippen molar-refractivity contribution in [3.8, 4) is 27.9 Å². The van der Waals surface area contributed by atoms with E-state index in [9.17, 15) is 0 Å². The largest absolute Gasteiger partial charge is 0.355 e. The van der Waals surface area contributed by atoms with Crippen LogP contribution in [0, 0.1) is 0 Å². The van der Waals surface area contributed by atoms with E-state index in [0.29, 0.717) is 0 Å². The highest BCUT2D eigenvalue weighted by Gasteiger charge is 2.35. The Kier molecular flexibility index (Phi) is 6.83. The molecule has 0 saturated carbocycles. The monoisotopic (exact) mass is 656 g/mol. The Morgan fingerprint density at radius 2 is 1.43 bits per heavy atom. The van der Waals surface area contributed by atoms with Crippen LogP contribution in [0.25, 0.3) is 60.5 Å². The molecule has 0 radical (unpaired) electrons. The number of aromatic nitrogens is 1.